The summed E-state index contributed by atoms with van der Waals surface area (Å²) in [5, 5.41) is 18.3. The van der Waals surface area contributed by atoms with Crippen molar-refractivity contribution in [3.8, 4) is 17.9 Å². The number of amides is 3. The number of imide groups is 1. The van der Waals surface area contributed by atoms with Gasteiger partial charge in [0.15, 0.2) is 0 Å². The molecule has 3 aromatic rings. The minimum absolute atomic E-state index is 0.149. The largest absolute Gasteiger partial charge is 0.493 e. The summed E-state index contributed by atoms with van der Waals surface area (Å²) < 4.78 is 5.79. The van der Waals surface area contributed by atoms with Crippen LogP contribution in [-0.2, 0) is 24.3 Å². The maximum absolute atomic E-state index is 14.1. The van der Waals surface area contributed by atoms with Crippen molar-refractivity contribution in [3.05, 3.63) is 100 Å². The predicted molar refractivity (Wildman–Crippen MR) is 151 cm³/mol. The fourth-order valence-electron chi connectivity index (χ4n) is 6.29. The Bertz CT molecular complexity index is 1560. The number of ether oxygens (including phenoxy) is 1. The molecular formula is C33H31N5O3. The van der Waals surface area contributed by atoms with Gasteiger partial charge in [-0.15, -0.1) is 0 Å². The predicted octanol–water partition coefficient (Wildman–Crippen LogP) is 4.93. The van der Waals surface area contributed by atoms with Gasteiger partial charge in [-0.05, 0) is 72.4 Å². The molecule has 2 saturated heterocycles. The van der Waals surface area contributed by atoms with Crippen LogP contribution in [0.4, 0.5) is 4.79 Å². The second-order valence-electron chi connectivity index (χ2n) is 11.1. The van der Waals surface area contributed by atoms with Crippen molar-refractivity contribution in [1.29, 1.82) is 10.5 Å². The summed E-state index contributed by atoms with van der Waals surface area (Å²) in [6.07, 6.45) is 2.01. The summed E-state index contributed by atoms with van der Waals surface area (Å²) in [4.78, 5) is 33.5. The standard InChI is InChI=1S/C33H31N5O3/c1-23(29-11-10-28-12-17-41-30(28)18-29)36-15-13-33(14-16-36)31(39)37(21-26-6-2-24(19-34)3-7-26)32(40)38(33)22-27-8-4-25(20-35)5-9-27/h2-11,18,23H,12-17,21-22H2,1H3. The molecule has 1 unspecified atom stereocenters. The zero-order valence-electron chi connectivity index (χ0n) is 23.0. The normalized spacial score (nSPS) is 18.6. The van der Waals surface area contributed by atoms with Crippen LogP contribution >= 0.6 is 0 Å². The highest BCUT2D eigenvalue weighted by Gasteiger charge is 2.58. The number of carbonyl (C=O) groups is 2. The van der Waals surface area contributed by atoms with Crippen molar-refractivity contribution >= 4 is 11.9 Å². The van der Waals surface area contributed by atoms with Crippen molar-refractivity contribution in [3.63, 3.8) is 0 Å². The Morgan fingerprint density at radius 2 is 1.49 bits per heavy atom. The Morgan fingerprint density at radius 3 is 2.10 bits per heavy atom. The highest BCUT2D eigenvalue weighted by Crippen LogP contribution is 2.41. The molecule has 206 valence electrons. The molecule has 0 N–H and O–H groups in total. The number of nitriles is 2. The first-order valence-electron chi connectivity index (χ1n) is 14.0. The molecule has 0 aliphatic carbocycles. The first kappa shape index (κ1) is 26.6. The molecule has 3 aliphatic rings. The van der Waals surface area contributed by atoms with E-state index in [2.05, 4.69) is 42.2 Å². The van der Waals surface area contributed by atoms with Crippen molar-refractivity contribution in [2.75, 3.05) is 19.7 Å². The molecule has 3 heterocycles. The van der Waals surface area contributed by atoms with Crippen LogP contribution in [0, 0.1) is 22.7 Å². The lowest BCUT2D eigenvalue weighted by Gasteiger charge is -2.44. The second-order valence-corrected chi connectivity index (χ2v) is 11.1. The Kier molecular flexibility index (Phi) is 6.95. The molecule has 3 aromatic carbocycles. The fourth-order valence-corrected chi connectivity index (χ4v) is 6.29. The summed E-state index contributed by atoms with van der Waals surface area (Å²) in [5.41, 5.74) is 4.25. The first-order valence-corrected chi connectivity index (χ1v) is 14.0. The zero-order valence-corrected chi connectivity index (χ0v) is 23.0. The van der Waals surface area contributed by atoms with Crippen LogP contribution in [0.25, 0.3) is 0 Å². The van der Waals surface area contributed by atoms with Gasteiger partial charge in [0.2, 0.25) is 0 Å². The maximum atomic E-state index is 14.1. The molecule has 8 nitrogen and oxygen atoms in total. The Morgan fingerprint density at radius 1 is 0.878 bits per heavy atom. The molecule has 0 saturated carbocycles. The highest BCUT2D eigenvalue weighted by atomic mass is 16.5. The lowest BCUT2D eigenvalue weighted by atomic mass is 9.84. The smallest absolute Gasteiger partial charge is 0.328 e. The quantitative estimate of drug-likeness (QED) is 0.408. The van der Waals surface area contributed by atoms with E-state index in [1.165, 1.54) is 16.0 Å². The van der Waals surface area contributed by atoms with Gasteiger partial charge in [-0.25, -0.2) is 4.79 Å². The monoisotopic (exact) mass is 545 g/mol. The van der Waals surface area contributed by atoms with Crippen LogP contribution in [0.3, 0.4) is 0 Å². The lowest BCUT2D eigenvalue weighted by molar-refractivity contribution is -0.136. The number of carbonyl (C=O) groups excluding carboxylic acids is 2. The lowest BCUT2D eigenvalue weighted by Crippen LogP contribution is -2.56. The third-order valence-electron chi connectivity index (χ3n) is 8.84. The van der Waals surface area contributed by atoms with E-state index in [0.717, 1.165) is 29.9 Å². The molecule has 1 spiro atoms. The topological polar surface area (TPSA) is 101 Å². The molecule has 3 amide bonds. The van der Waals surface area contributed by atoms with E-state index >= 15 is 0 Å². The summed E-state index contributed by atoms with van der Waals surface area (Å²) in [5.74, 6) is 0.796. The van der Waals surface area contributed by atoms with E-state index in [-0.39, 0.29) is 31.1 Å². The molecule has 41 heavy (non-hydrogen) atoms. The maximum Gasteiger partial charge on any atom is 0.328 e. The Balaban J connectivity index is 1.25. The molecule has 0 radical (unpaired) electrons. The highest BCUT2D eigenvalue weighted by molar-refractivity contribution is 6.07. The molecule has 8 heteroatoms. The summed E-state index contributed by atoms with van der Waals surface area (Å²) in [6, 6.07) is 24.7. The number of fused-ring (bicyclic) bond motifs is 1. The van der Waals surface area contributed by atoms with Crippen LogP contribution in [0.5, 0.6) is 5.75 Å². The molecule has 6 rings (SSSR count). The molecule has 0 aromatic heterocycles. The minimum Gasteiger partial charge on any atom is -0.493 e. The summed E-state index contributed by atoms with van der Waals surface area (Å²) in [7, 11) is 0. The van der Waals surface area contributed by atoms with Crippen molar-refractivity contribution in [2.45, 2.75) is 50.9 Å². The average Bonchev–Trinajstić information content (AvgIpc) is 3.56. The van der Waals surface area contributed by atoms with Gasteiger partial charge in [0.25, 0.3) is 5.91 Å². The van der Waals surface area contributed by atoms with Gasteiger partial charge in [0, 0.05) is 32.1 Å². The number of benzene rings is 3. The number of piperidine rings is 1. The average molecular weight is 546 g/mol. The Hall–Kier alpha value is -4.66. The number of hydrogen-bond acceptors (Lipinski definition) is 6. The van der Waals surface area contributed by atoms with E-state index in [9.17, 15) is 14.9 Å². The summed E-state index contributed by atoms with van der Waals surface area (Å²) >= 11 is 0. The van der Waals surface area contributed by atoms with Crippen molar-refractivity contribution in [1.82, 2.24) is 14.7 Å². The zero-order chi connectivity index (χ0) is 28.6. The van der Waals surface area contributed by atoms with Crippen LogP contribution in [-0.4, -0.2) is 51.9 Å². The number of rotatable bonds is 6. The van der Waals surface area contributed by atoms with Gasteiger partial charge in [-0.1, -0.05) is 36.4 Å². The molecular weight excluding hydrogens is 514 g/mol. The second kappa shape index (κ2) is 10.7. The van der Waals surface area contributed by atoms with Gasteiger partial charge < -0.3 is 9.64 Å². The van der Waals surface area contributed by atoms with E-state index < -0.39 is 5.54 Å². The molecule has 0 bridgehead atoms. The first-order chi connectivity index (χ1) is 19.9. The van der Waals surface area contributed by atoms with Crippen LogP contribution in [0.2, 0.25) is 0 Å². The van der Waals surface area contributed by atoms with Gasteiger partial charge in [-0.2, -0.15) is 10.5 Å². The third kappa shape index (κ3) is 4.81. The number of likely N-dealkylation sites (tertiary alicyclic amines) is 1. The number of hydrogen-bond donors (Lipinski definition) is 0. The summed E-state index contributed by atoms with van der Waals surface area (Å²) in [6.45, 7) is 4.70. The van der Waals surface area contributed by atoms with Crippen LogP contribution < -0.4 is 4.74 Å². The van der Waals surface area contributed by atoms with Gasteiger partial charge in [0.1, 0.15) is 11.3 Å². The van der Waals surface area contributed by atoms with E-state index in [1.54, 1.807) is 41.3 Å². The fraction of sp³-hybridized carbons (Fsp3) is 0.333. The number of urea groups is 1. The van der Waals surface area contributed by atoms with Crippen LogP contribution in [0.15, 0.2) is 66.7 Å². The molecule has 3 aliphatic heterocycles. The van der Waals surface area contributed by atoms with Gasteiger partial charge in [0.05, 0.1) is 36.4 Å². The van der Waals surface area contributed by atoms with E-state index in [0.29, 0.717) is 37.1 Å². The van der Waals surface area contributed by atoms with Crippen molar-refractivity contribution < 1.29 is 14.3 Å². The van der Waals surface area contributed by atoms with Gasteiger partial charge >= 0.3 is 6.03 Å². The molecule has 1 atom stereocenters. The van der Waals surface area contributed by atoms with Gasteiger partial charge in [-0.3, -0.25) is 14.6 Å². The minimum atomic E-state index is -0.936. The SMILES string of the molecule is CC(c1ccc2c(c1)OCC2)N1CCC2(CC1)C(=O)N(Cc1ccc(C#N)cc1)C(=O)N2Cc1ccc(C#N)cc1. The van der Waals surface area contributed by atoms with E-state index in [1.807, 2.05) is 12.1 Å². The number of nitrogens with zero attached hydrogens (tertiary/aromatic N) is 5. The van der Waals surface area contributed by atoms with E-state index in [4.69, 9.17) is 10.00 Å². The third-order valence-corrected chi connectivity index (χ3v) is 8.84. The van der Waals surface area contributed by atoms with Crippen molar-refractivity contribution in [2.24, 2.45) is 0 Å². The van der Waals surface area contributed by atoms with Crippen LogP contribution in [0.1, 0.15) is 59.2 Å². The Labute approximate surface area is 240 Å². The molecule has 2 fully saturated rings.